The minimum atomic E-state index is -0.395. The molecule has 0 unspecified atom stereocenters. The molecule has 0 amide bonds. The third-order valence-electron chi connectivity index (χ3n) is 5.63. The van der Waals surface area contributed by atoms with E-state index in [1.165, 1.54) is 11.3 Å². The Kier molecular flexibility index (Phi) is 3.89. The maximum absolute atomic E-state index is 12.6. The molecule has 132 valence electrons. The van der Waals surface area contributed by atoms with E-state index < -0.39 is 5.60 Å². The van der Waals surface area contributed by atoms with Crippen LogP contribution in [-0.4, -0.2) is 27.7 Å². The second kappa shape index (κ2) is 5.85. The van der Waals surface area contributed by atoms with Crippen LogP contribution in [0.2, 0.25) is 0 Å². The van der Waals surface area contributed by atoms with Crippen LogP contribution in [0.3, 0.4) is 0 Å². The number of phenols is 1. The van der Waals surface area contributed by atoms with Gasteiger partial charge in [0.25, 0.3) is 0 Å². The zero-order valence-corrected chi connectivity index (χ0v) is 15.2. The zero-order chi connectivity index (χ0) is 17.8. The molecule has 1 aromatic heterocycles. The molecule has 2 aromatic rings. The first-order valence-electron chi connectivity index (χ1n) is 8.67. The topological polar surface area (TPSA) is 66.8 Å². The number of phenolic OH excluding ortho intramolecular Hbond substituents is 1. The van der Waals surface area contributed by atoms with Crippen LogP contribution in [0, 0.1) is 5.92 Å². The highest BCUT2D eigenvalue weighted by molar-refractivity contribution is 7.08. The fourth-order valence-electron chi connectivity index (χ4n) is 4.42. The molecule has 1 aliphatic heterocycles. The standard InChI is InChI=1S/C20H22O4S/c1-20(2)15-4-3-13(21)9-14(15)18-16(22)7-12(8-17(18)24-20)19(23)11-5-6-25-10-11/h5-8,10,13-15,21-22H,3-4,9H2,1-2H3/t13-,14-,15-/m1/s1. The summed E-state index contributed by atoms with van der Waals surface area (Å²) in [5, 5.41) is 24.5. The van der Waals surface area contributed by atoms with Crippen LogP contribution >= 0.6 is 11.3 Å². The van der Waals surface area contributed by atoms with Gasteiger partial charge in [-0.2, -0.15) is 11.3 Å². The molecule has 1 saturated carbocycles. The van der Waals surface area contributed by atoms with E-state index in [1.807, 2.05) is 5.38 Å². The van der Waals surface area contributed by atoms with E-state index in [9.17, 15) is 15.0 Å². The predicted octanol–water partition coefficient (Wildman–Crippen LogP) is 4.10. The summed E-state index contributed by atoms with van der Waals surface area (Å²) in [6.45, 7) is 4.10. The minimum absolute atomic E-state index is 0.0489. The minimum Gasteiger partial charge on any atom is -0.507 e. The summed E-state index contributed by atoms with van der Waals surface area (Å²) < 4.78 is 6.22. The highest BCUT2D eigenvalue weighted by Crippen LogP contribution is 2.54. The van der Waals surface area contributed by atoms with Crippen LogP contribution in [0.4, 0.5) is 0 Å². The summed E-state index contributed by atoms with van der Waals surface area (Å²) in [7, 11) is 0. The lowest BCUT2D eigenvalue weighted by Crippen LogP contribution is -2.47. The lowest BCUT2D eigenvalue weighted by Gasteiger charge is -2.48. The number of carbonyl (C=O) groups excluding carboxylic acids is 1. The van der Waals surface area contributed by atoms with Gasteiger partial charge >= 0.3 is 0 Å². The first-order chi connectivity index (χ1) is 11.9. The van der Waals surface area contributed by atoms with Gasteiger partial charge in [-0.3, -0.25) is 4.79 Å². The molecule has 0 bridgehead atoms. The van der Waals surface area contributed by atoms with Gasteiger partial charge in [0, 0.05) is 33.9 Å². The van der Waals surface area contributed by atoms with Gasteiger partial charge in [0.1, 0.15) is 17.1 Å². The number of hydrogen-bond acceptors (Lipinski definition) is 5. The first kappa shape index (κ1) is 16.6. The molecule has 2 aliphatic rings. The molecule has 2 heterocycles. The van der Waals surface area contributed by atoms with E-state index in [-0.39, 0.29) is 29.5 Å². The molecular weight excluding hydrogens is 336 g/mol. The number of rotatable bonds is 2. The normalized spacial score (nSPS) is 27.1. The van der Waals surface area contributed by atoms with Crippen LogP contribution in [0.1, 0.15) is 60.5 Å². The molecule has 0 spiro atoms. The van der Waals surface area contributed by atoms with Crippen molar-refractivity contribution in [3.8, 4) is 11.5 Å². The van der Waals surface area contributed by atoms with Crippen molar-refractivity contribution in [3.63, 3.8) is 0 Å². The van der Waals surface area contributed by atoms with E-state index in [2.05, 4.69) is 13.8 Å². The van der Waals surface area contributed by atoms with Crippen molar-refractivity contribution in [2.75, 3.05) is 0 Å². The summed E-state index contributed by atoms with van der Waals surface area (Å²) in [6, 6.07) is 5.06. The van der Waals surface area contributed by atoms with E-state index in [1.54, 1.807) is 23.6 Å². The van der Waals surface area contributed by atoms with E-state index in [0.29, 0.717) is 23.3 Å². The van der Waals surface area contributed by atoms with E-state index in [4.69, 9.17) is 4.74 Å². The first-order valence-corrected chi connectivity index (χ1v) is 9.62. The van der Waals surface area contributed by atoms with Gasteiger partial charge in [-0.1, -0.05) is 0 Å². The van der Waals surface area contributed by atoms with Crippen molar-refractivity contribution in [2.45, 2.75) is 50.7 Å². The number of aromatic hydroxyl groups is 1. The molecule has 1 aromatic carbocycles. The molecule has 25 heavy (non-hydrogen) atoms. The molecule has 5 heteroatoms. The van der Waals surface area contributed by atoms with Gasteiger partial charge in [-0.15, -0.1) is 0 Å². The fraction of sp³-hybridized carbons (Fsp3) is 0.450. The monoisotopic (exact) mass is 358 g/mol. The zero-order valence-electron chi connectivity index (χ0n) is 14.4. The molecule has 3 atom stereocenters. The summed E-state index contributed by atoms with van der Waals surface area (Å²) in [6.07, 6.45) is 1.90. The van der Waals surface area contributed by atoms with Crippen LogP contribution in [-0.2, 0) is 0 Å². The van der Waals surface area contributed by atoms with Crippen molar-refractivity contribution < 1.29 is 19.7 Å². The van der Waals surface area contributed by atoms with Gasteiger partial charge in [0.2, 0.25) is 0 Å². The summed E-state index contributed by atoms with van der Waals surface area (Å²) >= 11 is 1.47. The number of aliphatic hydroxyl groups is 1. The maximum Gasteiger partial charge on any atom is 0.194 e. The number of aliphatic hydroxyl groups excluding tert-OH is 1. The van der Waals surface area contributed by atoms with Gasteiger partial charge in [-0.25, -0.2) is 0 Å². The van der Waals surface area contributed by atoms with Crippen LogP contribution in [0.15, 0.2) is 29.0 Å². The Hall–Kier alpha value is -1.85. The SMILES string of the molecule is CC1(C)Oc2cc(C(=O)c3ccsc3)cc(O)c2[C@@H]2C[C@H](O)CC[C@H]21. The van der Waals surface area contributed by atoms with Crippen molar-refractivity contribution in [2.24, 2.45) is 5.92 Å². The molecule has 0 radical (unpaired) electrons. The average Bonchev–Trinajstić information content (AvgIpc) is 3.06. The predicted molar refractivity (Wildman–Crippen MR) is 96.7 cm³/mol. The van der Waals surface area contributed by atoms with E-state index in [0.717, 1.165) is 18.4 Å². The molecule has 0 saturated heterocycles. The smallest absolute Gasteiger partial charge is 0.194 e. The Morgan fingerprint density at radius 2 is 2.08 bits per heavy atom. The number of fused-ring (bicyclic) bond motifs is 3. The number of benzene rings is 1. The lowest BCUT2D eigenvalue weighted by molar-refractivity contribution is -0.0317. The second-order valence-electron chi connectivity index (χ2n) is 7.63. The Labute approximate surface area is 151 Å². The van der Waals surface area contributed by atoms with Gasteiger partial charge in [0.05, 0.1) is 6.10 Å². The highest BCUT2D eigenvalue weighted by Gasteiger charge is 2.47. The van der Waals surface area contributed by atoms with Crippen LogP contribution < -0.4 is 4.74 Å². The number of ether oxygens (including phenoxy) is 1. The average molecular weight is 358 g/mol. The lowest BCUT2D eigenvalue weighted by atomic mass is 9.66. The Morgan fingerprint density at radius 3 is 2.80 bits per heavy atom. The maximum atomic E-state index is 12.6. The Bertz CT molecular complexity index is 809. The van der Waals surface area contributed by atoms with Crippen molar-refractivity contribution >= 4 is 17.1 Å². The highest BCUT2D eigenvalue weighted by atomic mass is 32.1. The van der Waals surface area contributed by atoms with Crippen LogP contribution in [0.25, 0.3) is 0 Å². The van der Waals surface area contributed by atoms with Gasteiger partial charge in [-0.05, 0) is 56.7 Å². The third kappa shape index (κ3) is 2.75. The van der Waals surface area contributed by atoms with Crippen molar-refractivity contribution in [1.82, 2.24) is 0 Å². The summed E-state index contributed by atoms with van der Waals surface area (Å²) in [4.78, 5) is 12.6. The van der Waals surface area contributed by atoms with E-state index >= 15 is 0 Å². The largest absolute Gasteiger partial charge is 0.507 e. The Balaban J connectivity index is 1.79. The molecule has 2 N–H and O–H groups in total. The van der Waals surface area contributed by atoms with Crippen molar-refractivity contribution in [1.29, 1.82) is 0 Å². The third-order valence-corrected chi connectivity index (χ3v) is 6.31. The molecular formula is C20H22O4S. The Morgan fingerprint density at radius 1 is 1.28 bits per heavy atom. The number of hydrogen-bond donors (Lipinski definition) is 2. The fourth-order valence-corrected chi connectivity index (χ4v) is 5.06. The molecule has 4 rings (SSSR count). The molecule has 4 nitrogen and oxygen atoms in total. The second-order valence-corrected chi connectivity index (χ2v) is 8.41. The van der Waals surface area contributed by atoms with Crippen molar-refractivity contribution in [3.05, 3.63) is 45.6 Å². The molecule has 1 fully saturated rings. The summed E-state index contributed by atoms with van der Waals surface area (Å²) in [5.41, 5.74) is 1.39. The number of ketones is 1. The molecule has 1 aliphatic carbocycles. The van der Waals surface area contributed by atoms with Gasteiger partial charge in [0.15, 0.2) is 5.78 Å². The quantitative estimate of drug-likeness (QED) is 0.793. The van der Waals surface area contributed by atoms with Crippen LogP contribution in [0.5, 0.6) is 11.5 Å². The van der Waals surface area contributed by atoms with Gasteiger partial charge < -0.3 is 14.9 Å². The number of thiophene rings is 1. The number of carbonyl (C=O) groups is 1. The summed E-state index contributed by atoms with van der Waals surface area (Å²) in [5.74, 6) is 0.835.